The fraction of sp³-hybridized carbons (Fsp3) is 0.647. The number of rotatable bonds is 17. The molecule has 3 heteroatoms. The first-order valence-corrected chi connectivity index (χ1v) is 15.2. The van der Waals surface area contributed by atoms with Gasteiger partial charge in [-0.1, -0.05) is 96.4 Å². The molecule has 37 heavy (non-hydrogen) atoms. The third-order valence-electron chi connectivity index (χ3n) is 8.38. The molecular formula is C34H50F2O. The molecule has 0 saturated carbocycles. The maximum atomic E-state index is 15.2. The summed E-state index contributed by atoms with van der Waals surface area (Å²) in [7, 11) is 0. The molecule has 0 fully saturated rings. The van der Waals surface area contributed by atoms with Gasteiger partial charge in [0.2, 0.25) is 0 Å². The number of ether oxygens (including phenoxy) is 1. The Balaban J connectivity index is 1.48. The normalized spacial score (nSPS) is 16.1. The molecular weight excluding hydrogens is 462 g/mol. The maximum Gasteiger partial charge on any atom is 0.166 e. The summed E-state index contributed by atoms with van der Waals surface area (Å²) in [6.07, 6.45) is 16.7. The van der Waals surface area contributed by atoms with Crippen LogP contribution in [0.15, 0.2) is 30.3 Å². The number of unbranched alkanes of at least 4 members (excludes halogenated alkanes) is 5. The van der Waals surface area contributed by atoms with E-state index in [9.17, 15) is 0 Å². The second-order valence-corrected chi connectivity index (χ2v) is 11.4. The Kier molecular flexibility index (Phi) is 13.1. The summed E-state index contributed by atoms with van der Waals surface area (Å²) in [6, 6.07) is 10.0. The van der Waals surface area contributed by atoms with Gasteiger partial charge in [0.15, 0.2) is 11.6 Å². The Morgan fingerprint density at radius 2 is 1.65 bits per heavy atom. The zero-order valence-electron chi connectivity index (χ0n) is 23.7. The fourth-order valence-electron chi connectivity index (χ4n) is 5.61. The van der Waals surface area contributed by atoms with Crippen molar-refractivity contribution in [1.29, 1.82) is 0 Å². The molecule has 0 aromatic heterocycles. The first-order chi connectivity index (χ1) is 18.0. The highest BCUT2D eigenvalue weighted by molar-refractivity contribution is 5.66. The van der Waals surface area contributed by atoms with Gasteiger partial charge in [-0.2, -0.15) is 0 Å². The molecule has 0 radical (unpaired) electrons. The standard InChI is InChI=1S/C34H50F2O/c1-4-6-11-22-37-23-12-7-8-15-28-18-21-30-25-32(34(36)33(35)31(30)24-28)29-19-16-27(17-20-29)14-10-9-13-26(3)5-2/h16-17,19-20,25-26,28H,4-15,18,21-24H2,1-3H3. The Morgan fingerprint density at radius 3 is 2.38 bits per heavy atom. The van der Waals surface area contributed by atoms with Crippen LogP contribution >= 0.6 is 0 Å². The van der Waals surface area contributed by atoms with Crippen LogP contribution in [0.4, 0.5) is 8.78 Å². The molecule has 2 aromatic rings. The minimum Gasteiger partial charge on any atom is -0.381 e. The number of benzene rings is 2. The lowest BCUT2D eigenvalue weighted by Gasteiger charge is -2.26. The van der Waals surface area contributed by atoms with Crippen molar-refractivity contribution >= 4 is 0 Å². The summed E-state index contributed by atoms with van der Waals surface area (Å²) >= 11 is 0. The molecule has 0 N–H and O–H groups in total. The number of halogens is 2. The van der Waals surface area contributed by atoms with Crippen LogP contribution in [0.5, 0.6) is 0 Å². The van der Waals surface area contributed by atoms with E-state index >= 15 is 8.78 Å². The first-order valence-electron chi connectivity index (χ1n) is 15.2. The predicted octanol–water partition coefficient (Wildman–Crippen LogP) is 10.3. The van der Waals surface area contributed by atoms with Crippen molar-refractivity contribution in [3.63, 3.8) is 0 Å². The van der Waals surface area contributed by atoms with Crippen LogP contribution in [-0.2, 0) is 24.0 Å². The van der Waals surface area contributed by atoms with Crippen LogP contribution in [-0.4, -0.2) is 13.2 Å². The summed E-state index contributed by atoms with van der Waals surface area (Å²) in [5.74, 6) is -0.0467. The number of hydrogen-bond donors (Lipinski definition) is 0. The quantitative estimate of drug-likeness (QED) is 0.192. The number of aryl methyl sites for hydroxylation is 2. The van der Waals surface area contributed by atoms with E-state index in [0.717, 1.165) is 81.6 Å². The van der Waals surface area contributed by atoms with Crippen LogP contribution < -0.4 is 0 Å². The molecule has 3 rings (SSSR count). The summed E-state index contributed by atoms with van der Waals surface area (Å²) in [4.78, 5) is 0. The highest BCUT2D eigenvalue weighted by atomic mass is 19.2. The lowest BCUT2D eigenvalue weighted by Crippen LogP contribution is -2.17. The van der Waals surface area contributed by atoms with Gasteiger partial charge in [0.05, 0.1) is 0 Å². The van der Waals surface area contributed by atoms with Gasteiger partial charge in [-0.25, -0.2) is 8.78 Å². The molecule has 0 saturated heterocycles. The SMILES string of the molecule is CCCCCOCCCCCC1CCc2cc(-c3ccc(CCCCC(C)CC)cc3)c(F)c(F)c2C1. The molecule has 2 aromatic carbocycles. The fourth-order valence-corrected chi connectivity index (χ4v) is 5.61. The molecule has 1 aliphatic carbocycles. The minimum absolute atomic E-state index is 0.414. The summed E-state index contributed by atoms with van der Waals surface area (Å²) in [5.41, 5.74) is 4.09. The van der Waals surface area contributed by atoms with E-state index in [4.69, 9.17) is 4.74 Å². The maximum absolute atomic E-state index is 15.2. The van der Waals surface area contributed by atoms with Crippen molar-refractivity contribution in [1.82, 2.24) is 0 Å². The van der Waals surface area contributed by atoms with E-state index in [0.29, 0.717) is 23.5 Å². The van der Waals surface area contributed by atoms with Gasteiger partial charge in [0, 0.05) is 18.8 Å². The van der Waals surface area contributed by atoms with Crippen LogP contribution in [0.3, 0.4) is 0 Å². The molecule has 0 aliphatic heterocycles. The van der Waals surface area contributed by atoms with Crippen molar-refractivity contribution in [3.8, 4) is 11.1 Å². The zero-order valence-corrected chi connectivity index (χ0v) is 23.7. The molecule has 1 aliphatic rings. The molecule has 0 bridgehead atoms. The molecule has 2 unspecified atom stereocenters. The van der Waals surface area contributed by atoms with Crippen molar-refractivity contribution in [3.05, 3.63) is 58.7 Å². The first kappa shape index (κ1) is 29.8. The molecule has 206 valence electrons. The minimum atomic E-state index is -0.680. The Bertz CT molecular complexity index is 920. The van der Waals surface area contributed by atoms with Gasteiger partial charge in [0.1, 0.15) is 0 Å². The smallest absolute Gasteiger partial charge is 0.166 e. The van der Waals surface area contributed by atoms with Crippen molar-refractivity contribution in [2.45, 2.75) is 117 Å². The lowest BCUT2D eigenvalue weighted by molar-refractivity contribution is 0.125. The molecule has 1 nitrogen and oxygen atoms in total. The Hall–Kier alpha value is -1.74. The van der Waals surface area contributed by atoms with Gasteiger partial charge >= 0.3 is 0 Å². The van der Waals surface area contributed by atoms with E-state index in [2.05, 4.69) is 32.9 Å². The van der Waals surface area contributed by atoms with Crippen LogP contribution in [0.25, 0.3) is 11.1 Å². The van der Waals surface area contributed by atoms with Crippen LogP contribution in [0.2, 0.25) is 0 Å². The highest BCUT2D eigenvalue weighted by Crippen LogP contribution is 2.36. The van der Waals surface area contributed by atoms with Gasteiger partial charge in [0.25, 0.3) is 0 Å². The van der Waals surface area contributed by atoms with E-state index in [-0.39, 0.29) is 0 Å². The average Bonchev–Trinajstić information content (AvgIpc) is 2.92. The molecule has 0 amide bonds. The monoisotopic (exact) mass is 512 g/mol. The van der Waals surface area contributed by atoms with Crippen LogP contribution in [0.1, 0.15) is 115 Å². The number of hydrogen-bond acceptors (Lipinski definition) is 1. The third kappa shape index (κ3) is 9.50. The van der Waals surface area contributed by atoms with Gasteiger partial charge in [-0.3, -0.25) is 0 Å². The Labute approximate surface area is 225 Å². The third-order valence-corrected chi connectivity index (χ3v) is 8.38. The molecule has 2 atom stereocenters. The number of fused-ring (bicyclic) bond motifs is 1. The van der Waals surface area contributed by atoms with Gasteiger partial charge < -0.3 is 4.74 Å². The van der Waals surface area contributed by atoms with Gasteiger partial charge in [-0.15, -0.1) is 0 Å². The summed E-state index contributed by atoms with van der Waals surface area (Å²) in [5, 5.41) is 0. The van der Waals surface area contributed by atoms with E-state index < -0.39 is 11.6 Å². The lowest BCUT2D eigenvalue weighted by atomic mass is 9.80. The van der Waals surface area contributed by atoms with Crippen molar-refractivity contribution in [2.24, 2.45) is 11.8 Å². The highest BCUT2D eigenvalue weighted by Gasteiger charge is 2.25. The summed E-state index contributed by atoms with van der Waals surface area (Å²) in [6.45, 7) is 8.49. The Morgan fingerprint density at radius 1 is 0.892 bits per heavy atom. The van der Waals surface area contributed by atoms with Crippen LogP contribution in [0, 0.1) is 23.5 Å². The van der Waals surface area contributed by atoms with Crippen molar-refractivity contribution in [2.75, 3.05) is 13.2 Å². The van der Waals surface area contributed by atoms with Crippen molar-refractivity contribution < 1.29 is 13.5 Å². The predicted molar refractivity (Wildman–Crippen MR) is 153 cm³/mol. The largest absolute Gasteiger partial charge is 0.381 e. The van der Waals surface area contributed by atoms with E-state index in [1.807, 2.05) is 18.2 Å². The average molecular weight is 513 g/mol. The second-order valence-electron chi connectivity index (χ2n) is 11.4. The topological polar surface area (TPSA) is 9.23 Å². The summed E-state index contributed by atoms with van der Waals surface area (Å²) < 4.78 is 36.1. The molecule has 0 heterocycles. The van der Waals surface area contributed by atoms with Gasteiger partial charge in [-0.05, 0) is 85.1 Å². The molecule has 0 spiro atoms. The van der Waals surface area contributed by atoms with E-state index in [1.165, 1.54) is 44.1 Å². The van der Waals surface area contributed by atoms with E-state index in [1.54, 1.807) is 0 Å². The second kappa shape index (κ2) is 16.3. The zero-order chi connectivity index (χ0) is 26.5.